The quantitative estimate of drug-likeness (QED) is 0.193. The van der Waals surface area contributed by atoms with Gasteiger partial charge in [-0.15, -0.1) is 0 Å². The fourth-order valence-electron chi connectivity index (χ4n) is 2.44. The number of pyridine rings is 1. The smallest absolute Gasteiger partial charge is 0.270 e. The second-order valence-electron chi connectivity index (χ2n) is 5.68. The van der Waals surface area contributed by atoms with Gasteiger partial charge in [-0.1, -0.05) is 30.3 Å². The number of hydrogen-bond donors (Lipinski definition) is 1. The summed E-state index contributed by atoms with van der Waals surface area (Å²) in [5.74, 6) is -0.352. The van der Waals surface area contributed by atoms with Crippen molar-refractivity contribution < 1.29 is 14.4 Å². The van der Waals surface area contributed by atoms with Gasteiger partial charge in [-0.25, -0.2) is 0 Å². The average Bonchev–Trinajstić information content (AvgIpc) is 2.69. The summed E-state index contributed by atoms with van der Waals surface area (Å²) in [6.45, 7) is 0. The van der Waals surface area contributed by atoms with Gasteiger partial charge in [-0.05, 0) is 45.4 Å². The Bertz CT molecular complexity index is 1020. The summed E-state index contributed by atoms with van der Waals surface area (Å²) < 4.78 is 1.10. The molecule has 0 aliphatic carbocycles. The van der Waals surface area contributed by atoms with Crippen LogP contribution in [0.2, 0.25) is 0 Å². The highest BCUT2D eigenvalue weighted by atomic mass is 79.9. The molecule has 0 saturated heterocycles. The number of aromatic nitrogens is 1. The minimum absolute atomic E-state index is 0.0875. The molecule has 0 spiro atoms. The number of amides is 1. The number of thioether (sulfide) groups is 1. The lowest BCUT2D eigenvalue weighted by Crippen LogP contribution is -2.29. The van der Waals surface area contributed by atoms with Crippen molar-refractivity contribution in [2.24, 2.45) is 0 Å². The Morgan fingerprint density at radius 2 is 1.82 bits per heavy atom. The summed E-state index contributed by atoms with van der Waals surface area (Å²) in [5.41, 5.74) is 1.04. The first kappa shape index (κ1) is 19.8. The van der Waals surface area contributed by atoms with Crippen LogP contribution in [0.5, 0.6) is 0 Å². The molecule has 3 rings (SSSR count). The summed E-state index contributed by atoms with van der Waals surface area (Å²) in [6.07, 6.45) is 1.37. The molecule has 3 aromatic rings. The molecule has 0 radical (unpaired) electrons. The summed E-state index contributed by atoms with van der Waals surface area (Å²) in [6, 6.07) is 18.2. The van der Waals surface area contributed by atoms with Crippen molar-refractivity contribution in [3.63, 3.8) is 0 Å². The second-order valence-corrected chi connectivity index (χ2v) is 7.66. The van der Waals surface area contributed by atoms with Gasteiger partial charge in [0.1, 0.15) is 5.25 Å². The largest absolute Gasteiger partial charge is 0.618 e. The van der Waals surface area contributed by atoms with Gasteiger partial charge in [-0.3, -0.25) is 14.9 Å². The van der Waals surface area contributed by atoms with Gasteiger partial charge in [-0.2, -0.15) is 4.73 Å². The van der Waals surface area contributed by atoms with E-state index >= 15 is 0 Å². The first-order chi connectivity index (χ1) is 13.5. The monoisotopic (exact) mass is 459 g/mol. The molecule has 9 heteroatoms. The van der Waals surface area contributed by atoms with E-state index in [4.69, 9.17) is 0 Å². The number of halogens is 1. The highest BCUT2D eigenvalue weighted by Crippen LogP contribution is 2.36. The number of carbonyl (C=O) groups excluding carboxylic acids is 1. The van der Waals surface area contributed by atoms with E-state index < -0.39 is 10.2 Å². The molecule has 0 aliphatic rings. The Hall–Kier alpha value is -2.91. The molecule has 7 nitrogen and oxygen atoms in total. The van der Waals surface area contributed by atoms with Gasteiger partial charge < -0.3 is 10.5 Å². The topological polar surface area (TPSA) is 99.2 Å². The van der Waals surface area contributed by atoms with Gasteiger partial charge in [0.25, 0.3) is 10.7 Å². The number of nitro benzene ring substituents is 1. The maximum atomic E-state index is 13.0. The van der Waals surface area contributed by atoms with E-state index in [0.717, 1.165) is 17.3 Å². The van der Waals surface area contributed by atoms with Crippen molar-refractivity contribution >= 4 is 45.0 Å². The van der Waals surface area contributed by atoms with E-state index in [1.165, 1.54) is 24.4 Å². The molecular weight excluding hydrogens is 446 g/mol. The van der Waals surface area contributed by atoms with Crippen molar-refractivity contribution in [3.8, 4) is 0 Å². The molecule has 1 atom stereocenters. The van der Waals surface area contributed by atoms with E-state index in [1.807, 2.05) is 18.2 Å². The number of nitrogens with zero attached hydrogens (tertiary/aromatic N) is 2. The van der Waals surface area contributed by atoms with Gasteiger partial charge in [0.2, 0.25) is 5.91 Å². The SMILES string of the molecule is O=C(Nc1ccc([N+](=O)[O-])cc1Br)[C@H](Sc1cccc[n+]1[O-])c1ccccc1. The van der Waals surface area contributed by atoms with Crippen molar-refractivity contribution in [1.82, 2.24) is 0 Å². The molecule has 142 valence electrons. The van der Waals surface area contributed by atoms with Crippen LogP contribution in [-0.2, 0) is 4.79 Å². The van der Waals surface area contributed by atoms with Crippen molar-refractivity contribution in [3.05, 3.63) is 98.3 Å². The van der Waals surface area contributed by atoms with Gasteiger partial charge in [0, 0.05) is 28.7 Å². The van der Waals surface area contributed by atoms with Crippen LogP contribution < -0.4 is 10.0 Å². The first-order valence-electron chi connectivity index (χ1n) is 8.10. The fourth-order valence-corrected chi connectivity index (χ4v) is 3.93. The minimum Gasteiger partial charge on any atom is -0.618 e. The molecule has 1 aromatic heterocycles. The Balaban J connectivity index is 1.89. The third-order valence-corrected chi connectivity index (χ3v) is 5.72. The number of anilines is 1. The van der Waals surface area contributed by atoms with Crippen LogP contribution in [-0.4, -0.2) is 10.8 Å². The Morgan fingerprint density at radius 3 is 2.46 bits per heavy atom. The molecule has 0 aliphatic heterocycles. The van der Waals surface area contributed by atoms with E-state index in [-0.39, 0.29) is 11.6 Å². The Morgan fingerprint density at radius 1 is 1.11 bits per heavy atom. The van der Waals surface area contributed by atoms with Crippen LogP contribution in [0.1, 0.15) is 10.8 Å². The molecule has 1 N–H and O–H groups in total. The third kappa shape index (κ3) is 4.68. The number of non-ortho nitro benzene ring substituents is 1. The summed E-state index contributed by atoms with van der Waals surface area (Å²) >= 11 is 4.37. The number of benzene rings is 2. The molecule has 28 heavy (non-hydrogen) atoms. The zero-order valence-electron chi connectivity index (χ0n) is 14.3. The number of nitrogens with one attached hydrogen (secondary N) is 1. The number of carbonyl (C=O) groups is 1. The summed E-state index contributed by atoms with van der Waals surface area (Å²) in [5, 5.41) is 25.4. The minimum atomic E-state index is -0.689. The first-order valence-corrected chi connectivity index (χ1v) is 9.77. The van der Waals surface area contributed by atoms with Gasteiger partial charge in [0.05, 0.1) is 10.6 Å². The molecule has 1 amide bonds. The van der Waals surface area contributed by atoms with Crippen LogP contribution in [0, 0.1) is 15.3 Å². The second kappa shape index (κ2) is 8.85. The number of rotatable bonds is 6. The van der Waals surface area contributed by atoms with Gasteiger partial charge in [0.15, 0.2) is 6.20 Å². The van der Waals surface area contributed by atoms with Crippen LogP contribution in [0.25, 0.3) is 0 Å². The summed E-state index contributed by atoms with van der Waals surface area (Å²) in [7, 11) is 0. The summed E-state index contributed by atoms with van der Waals surface area (Å²) in [4.78, 5) is 23.4. The predicted octanol–water partition coefficient (Wildman–Crippen LogP) is 4.46. The van der Waals surface area contributed by atoms with Crippen LogP contribution in [0.4, 0.5) is 11.4 Å². The van der Waals surface area contributed by atoms with Crippen LogP contribution in [0.3, 0.4) is 0 Å². The normalized spacial score (nSPS) is 11.6. The average molecular weight is 460 g/mol. The molecule has 0 bridgehead atoms. The number of hydrogen-bond acceptors (Lipinski definition) is 5. The zero-order chi connectivity index (χ0) is 20.1. The van der Waals surface area contributed by atoms with Crippen molar-refractivity contribution in [2.45, 2.75) is 10.3 Å². The lowest BCUT2D eigenvalue weighted by Gasteiger charge is -2.17. The standard InChI is InChI=1S/C19H14BrN3O4S/c20-15-12-14(23(26)27)9-10-16(15)21-19(24)18(13-6-2-1-3-7-13)28-17-8-4-5-11-22(17)25/h1-12,18H,(H,21,24)/t18-/m1/s1. The highest BCUT2D eigenvalue weighted by Gasteiger charge is 2.26. The molecule has 0 fully saturated rings. The van der Waals surface area contributed by atoms with E-state index in [0.29, 0.717) is 19.9 Å². The van der Waals surface area contributed by atoms with E-state index in [9.17, 15) is 20.1 Å². The van der Waals surface area contributed by atoms with Gasteiger partial charge >= 0.3 is 0 Å². The lowest BCUT2D eigenvalue weighted by atomic mass is 10.1. The maximum absolute atomic E-state index is 13.0. The maximum Gasteiger partial charge on any atom is 0.270 e. The zero-order valence-corrected chi connectivity index (χ0v) is 16.7. The van der Waals surface area contributed by atoms with E-state index in [2.05, 4.69) is 21.2 Å². The van der Waals surface area contributed by atoms with E-state index in [1.54, 1.807) is 30.3 Å². The fraction of sp³-hybridized carbons (Fsp3) is 0.0526. The van der Waals surface area contributed by atoms with Crippen molar-refractivity contribution in [2.75, 3.05) is 5.32 Å². The molecule has 1 heterocycles. The highest BCUT2D eigenvalue weighted by molar-refractivity contribution is 9.10. The van der Waals surface area contributed by atoms with Crippen molar-refractivity contribution in [1.29, 1.82) is 0 Å². The number of nitro groups is 1. The Labute approximate surface area is 173 Å². The van der Waals surface area contributed by atoms with Crippen LogP contribution >= 0.6 is 27.7 Å². The Kier molecular flexibility index (Phi) is 6.27. The molecule has 0 saturated carbocycles. The third-order valence-electron chi connectivity index (χ3n) is 3.79. The molecular formula is C19H14BrN3O4S. The lowest BCUT2D eigenvalue weighted by molar-refractivity contribution is -0.645. The predicted molar refractivity (Wildman–Crippen MR) is 110 cm³/mol. The molecule has 0 unspecified atom stereocenters. The molecule has 2 aromatic carbocycles. The van der Waals surface area contributed by atoms with Crippen LogP contribution in [0.15, 0.2) is 82.4 Å².